The molecule has 0 bridgehead atoms. The zero-order chi connectivity index (χ0) is 14.9. The summed E-state index contributed by atoms with van der Waals surface area (Å²) in [5.41, 5.74) is 6.88. The summed E-state index contributed by atoms with van der Waals surface area (Å²) in [7, 11) is 0. The van der Waals surface area contributed by atoms with Gasteiger partial charge in [0.05, 0.1) is 17.0 Å². The predicted molar refractivity (Wildman–Crippen MR) is 83.5 cm³/mol. The zero-order valence-electron chi connectivity index (χ0n) is 11.8. The molecule has 5 nitrogen and oxygen atoms in total. The van der Waals surface area contributed by atoms with Crippen LogP contribution in [-0.4, -0.2) is 29.7 Å². The van der Waals surface area contributed by atoms with E-state index in [4.69, 9.17) is 5.73 Å². The number of nitrogens with two attached hydrogens (primary N) is 1. The lowest BCUT2D eigenvalue weighted by molar-refractivity contribution is -0.113. The molecule has 0 radical (unpaired) electrons. The fourth-order valence-corrected chi connectivity index (χ4v) is 3.76. The Labute approximate surface area is 128 Å². The zero-order valence-corrected chi connectivity index (χ0v) is 12.6. The molecule has 0 saturated heterocycles. The third kappa shape index (κ3) is 2.91. The van der Waals surface area contributed by atoms with Crippen LogP contribution in [0.5, 0.6) is 0 Å². The number of nitrogens with one attached hydrogen (secondary N) is 2. The quantitative estimate of drug-likeness (QED) is 0.794. The Bertz CT molecular complexity index is 582. The van der Waals surface area contributed by atoms with E-state index in [1.54, 1.807) is 12.1 Å². The van der Waals surface area contributed by atoms with Crippen molar-refractivity contribution in [2.75, 3.05) is 17.6 Å². The van der Waals surface area contributed by atoms with Gasteiger partial charge in [0.25, 0.3) is 5.91 Å². The minimum absolute atomic E-state index is 0.0284. The normalized spacial score (nSPS) is 19.8. The Morgan fingerprint density at radius 3 is 2.86 bits per heavy atom. The second kappa shape index (κ2) is 5.69. The van der Waals surface area contributed by atoms with Crippen LogP contribution in [-0.2, 0) is 4.79 Å². The number of thioether (sulfide) groups is 1. The summed E-state index contributed by atoms with van der Waals surface area (Å²) >= 11 is 1.49. The molecule has 0 atom stereocenters. The first-order chi connectivity index (χ1) is 10.1. The van der Waals surface area contributed by atoms with Gasteiger partial charge in [0.15, 0.2) is 0 Å². The number of carbonyl (C=O) groups is 2. The lowest BCUT2D eigenvalue weighted by Gasteiger charge is -2.29. The van der Waals surface area contributed by atoms with Gasteiger partial charge in [0.2, 0.25) is 5.91 Å². The van der Waals surface area contributed by atoms with E-state index in [9.17, 15) is 9.59 Å². The van der Waals surface area contributed by atoms with Gasteiger partial charge in [-0.1, -0.05) is 12.8 Å². The Kier molecular flexibility index (Phi) is 3.91. The van der Waals surface area contributed by atoms with Gasteiger partial charge in [-0.05, 0) is 31.0 Å². The maximum absolute atomic E-state index is 12.4. The Morgan fingerprint density at radius 1 is 1.38 bits per heavy atom. The van der Waals surface area contributed by atoms with Crippen molar-refractivity contribution in [3.05, 3.63) is 23.8 Å². The third-order valence-electron chi connectivity index (χ3n) is 4.20. The summed E-state index contributed by atoms with van der Waals surface area (Å²) in [5, 5.41) is 5.90. The van der Waals surface area contributed by atoms with E-state index in [1.807, 2.05) is 6.07 Å². The van der Waals surface area contributed by atoms with Crippen LogP contribution in [0.25, 0.3) is 0 Å². The number of amides is 2. The minimum Gasteiger partial charge on any atom is -0.345 e. The number of benzene rings is 1. The van der Waals surface area contributed by atoms with E-state index in [0.717, 1.165) is 36.3 Å². The molecule has 0 spiro atoms. The lowest BCUT2D eigenvalue weighted by atomic mass is 9.97. The fraction of sp³-hybridized carbons (Fsp3) is 0.467. The molecule has 1 aromatic carbocycles. The molecule has 1 heterocycles. The molecular weight excluding hydrogens is 286 g/mol. The highest BCUT2D eigenvalue weighted by Gasteiger charge is 2.34. The first-order valence-electron chi connectivity index (χ1n) is 7.21. The van der Waals surface area contributed by atoms with Crippen LogP contribution < -0.4 is 16.4 Å². The average molecular weight is 305 g/mol. The first kappa shape index (κ1) is 14.4. The van der Waals surface area contributed by atoms with E-state index in [0.29, 0.717) is 17.9 Å². The van der Waals surface area contributed by atoms with Gasteiger partial charge in [-0.3, -0.25) is 9.59 Å². The van der Waals surface area contributed by atoms with Gasteiger partial charge in [-0.2, -0.15) is 0 Å². The molecular formula is C15H19N3O2S. The van der Waals surface area contributed by atoms with Crippen molar-refractivity contribution in [3.8, 4) is 0 Å². The fourth-order valence-electron chi connectivity index (χ4n) is 2.97. The number of rotatable bonds is 3. The van der Waals surface area contributed by atoms with Crippen molar-refractivity contribution in [1.82, 2.24) is 5.32 Å². The van der Waals surface area contributed by atoms with Crippen LogP contribution in [0.3, 0.4) is 0 Å². The summed E-state index contributed by atoms with van der Waals surface area (Å²) < 4.78 is 0. The molecule has 0 aromatic heterocycles. The van der Waals surface area contributed by atoms with Gasteiger partial charge >= 0.3 is 0 Å². The number of hydrogen-bond donors (Lipinski definition) is 3. The molecule has 0 unspecified atom stereocenters. The molecule has 3 rings (SSSR count). The number of fused-ring (bicyclic) bond motifs is 1. The molecule has 2 amide bonds. The monoisotopic (exact) mass is 305 g/mol. The van der Waals surface area contributed by atoms with Crippen molar-refractivity contribution in [2.24, 2.45) is 5.73 Å². The molecule has 1 aliphatic heterocycles. The van der Waals surface area contributed by atoms with E-state index in [1.165, 1.54) is 11.8 Å². The first-order valence-corrected chi connectivity index (χ1v) is 8.20. The largest absolute Gasteiger partial charge is 0.345 e. The molecule has 1 fully saturated rings. The van der Waals surface area contributed by atoms with Crippen LogP contribution in [0.4, 0.5) is 5.69 Å². The van der Waals surface area contributed by atoms with Crippen molar-refractivity contribution in [3.63, 3.8) is 0 Å². The summed E-state index contributed by atoms with van der Waals surface area (Å²) in [6, 6.07) is 5.43. The molecule has 1 saturated carbocycles. The van der Waals surface area contributed by atoms with E-state index in [-0.39, 0.29) is 17.4 Å². The van der Waals surface area contributed by atoms with Crippen molar-refractivity contribution >= 4 is 29.3 Å². The van der Waals surface area contributed by atoms with E-state index >= 15 is 0 Å². The highest BCUT2D eigenvalue weighted by Crippen LogP contribution is 2.33. The van der Waals surface area contributed by atoms with Crippen molar-refractivity contribution < 1.29 is 9.59 Å². The van der Waals surface area contributed by atoms with Crippen LogP contribution in [0, 0.1) is 0 Å². The summed E-state index contributed by atoms with van der Waals surface area (Å²) in [6.45, 7) is 0.469. The van der Waals surface area contributed by atoms with Gasteiger partial charge in [-0.15, -0.1) is 11.8 Å². The molecule has 1 aliphatic carbocycles. The van der Waals surface area contributed by atoms with Crippen LogP contribution in [0.2, 0.25) is 0 Å². The Hall–Kier alpha value is -1.53. The standard InChI is InChI=1S/C15H19N3O2S/c16-9-15(5-1-2-6-15)18-14(20)10-3-4-12-11(7-10)17-13(19)8-21-12/h3-4,7H,1-2,5-6,8-9,16H2,(H,17,19)(H,18,20). The lowest BCUT2D eigenvalue weighted by Crippen LogP contribution is -2.51. The Morgan fingerprint density at radius 2 is 2.14 bits per heavy atom. The molecule has 1 aromatic rings. The third-order valence-corrected chi connectivity index (χ3v) is 5.28. The molecule has 21 heavy (non-hydrogen) atoms. The van der Waals surface area contributed by atoms with Gasteiger partial charge < -0.3 is 16.4 Å². The van der Waals surface area contributed by atoms with Crippen LogP contribution in [0.15, 0.2) is 23.1 Å². The maximum atomic E-state index is 12.4. The van der Waals surface area contributed by atoms with Gasteiger partial charge in [-0.25, -0.2) is 0 Å². The van der Waals surface area contributed by atoms with Crippen molar-refractivity contribution in [2.45, 2.75) is 36.1 Å². The second-order valence-corrected chi connectivity index (χ2v) is 6.71. The second-order valence-electron chi connectivity index (χ2n) is 5.69. The maximum Gasteiger partial charge on any atom is 0.251 e. The van der Waals surface area contributed by atoms with Gasteiger partial charge in [0, 0.05) is 17.0 Å². The van der Waals surface area contributed by atoms with Crippen LogP contribution in [0.1, 0.15) is 36.0 Å². The van der Waals surface area contributed by atoms with Crippen LogP contribution >= 0.6 is 11.8 Å². The summed E-state index contributed by atoms with van der Waals surface area (Å²) in [4.78, 5) is 24.9. The molecule has 6 heteroatoms. The van der Waals surface area contributed by atoms with E-state index < -0.39 is 0 Å². The Balaban J connectivity index is 1.79. The van der Waals surface area contributed by atoms with Crippen molar-refractivity contribution in [1.29, 1.82) is 0 Å². The topological polar surface area (TPSA) is 84.2 Å². The summed E-state index contributed by atoms with van der Waals surface area (Å²) in [6.07, 6.45) is 4.09. The predicted octanol–water partition coefficient (Wildman–Crippen LogP) is 1.73. The highest BCUT2D eigenvalue weighted by atomic mass is 32.2. The molecule has 112 valence electrons. The van der Waals surface area contributed by atoms with E-state index in [2.05, 4.69) is 10.6 Å². The number of anilines is 1. The molecule has 2 aliphatic rings. The smallest absolute Gasteiger partial charge is 0.251 e. The van der Waals surface area contributed by atoms with Gasteiger partial charge in [0.1, 0.15) is 0 Å². The average Bonchev–Trinajstić information content (AvgIpc) is 2.95. The summed E-state index contributed by atoms with van der Waals surface area (Å²) in [5.74, 6) is 0.281. The highest BCUT2D eigenvalue weighted by molar-refractivity contribution is 8.00. The number of hydrogen-bond acceptors (Lipinski definition) is 4. The minimum atomic E-state index is -0.259. The SMILES string of the molecule is NCC1(NC(=O)c2ccc3c(c2)NC(=O)CS3)CCCC1. The number of carbonyl (C=O) groups excluding carboxylic acids is 2. The molecule has 4 N–H and O–H groups in total.